The molecule has 1 saturated heterocycles. The zero-order chi connectivity index (χ0) is 14.9. The van der Waals surface area contributed by atoms with Crippen molar-refractivity contribution in [1.82, 2.24) is 10.2 Å². The second kappa shape index (κ2) is 6.05. The zero-order valence-electron chi connectivity index (χ0n) is 13.9. The van der Waals surface area contributed by atoms with E-state index in [1.807, 2.05) is 0 Å². The van der Waals surface area contributed by atoms with Gasteiger partial charge in [0, 0.05) is 6.54 Å². The van der Waals surface area contributed by atoms with E-state index in [2.05, 4.69) is 44.8 Å². The Kier molecular flexibility index (Phi) is 4.78. The third-order valence-corrected chi connectivity index (χ3v) is 5.33. The Morgan fingerprint density at radius 2 is 1.95 bits per heavy atom. The Morgan fingerprint density at radius 3 is 2.35 bits per heavy atom. The Labute approximate surface area is 124 Å². The highest BCUT2D eigenvalue weighted by molar-refractivity contribution is 5.84. The van der Waals surface area contributed by atoms with Crippen molar-refractivity contribution in [3.8, 4) is 0 Å². The molecule has 0 aromatic heterocycles. The standard InChI is InChI=1S/C17H32N2O/c1-6-17(8-7-9-17)11-19-14(10-12(2)3)18-15(13(4)5)16(19)20/h12-15,18H,6-11H2,1-5H3. The fourth-order valence-corrected chi connectivity index (χ4v) is 3.67. The van der Waals surface area contributed by atoms with Crippen LogP contribution in [0.3, 0.4) is 0 Å². The molecule has 2 unspecified atom stereocenters. The van der Waals surface area contributed by atoms with Crippen molar-refractivity contribution in [1.29, 1.82) is 0 Å². The molecule has 0 aromatic rings. The number of rotatable bonds is 6. The lowest BCUT2D eigenvalue weighted by molar-refractivity contribution is -0.133. The van der Waals surface area contributed by atoms with Gasteiger partial charge in [-0.3, -0.25) is 10.1 Å². The Hall–Kier alpha value is -0.570. The van der Waals surface area contributed by atoms with Crippen molar-refractivity contribution in [3.63, 3.8) is 0 Å². The molecular formula is C17H32N2O. The summed E-state index contributed by atoms with van der Waals surface area (Å²) < 4.78 is 0. The van der Waals surface area contributed by atoms with Gasteiger partial charge in [-0.15, -0.1) is 0 Å². The predicted molar refractivity (Wildman–Crippen MR) is 83.3 cm³/mol. The Morgan fingerprint density at radius 1 is 1.30 bits per heavy atom. The maximum atomic E-state index is 12.7. The normalized spacial score (nSPS) is 29.4. The molecule has 2 rings (SSSR count). The predicted octanol–water partition coefficient (Wildman–Crippen LogP) is 3.40. The molecule has 20 heavy (non-hydrogen) atoms. The number of hydrogen-bond donors (Lipinski definition) is 1. The third kappa shape index (κ3) is 3.03. The van der Waals surface area contributed by atoms with Crippen molar-refractivity contribution < 1.29 is 4.79 Å². The van der Waals surface area contributed by atoms with E-state index in [0.29, 0.717) is 23.2 Å². The molecule has 1 saturated carbocycles. The van der Waals surface area contributed by atoms with Crippen LogP contribution >= 0.6 is 0 Å². The first-order chi connectivity index (χ1) is 9.38. The molecule has 1 N–H and O–H groups in total. The molecule has 1 aliphatic heterocycles. The van der Waals surface area contributed by atoms with E-state index < -0.39 is 0 Å². The highest BCUT2D eigenvalue weighted by Gasteiger charge is 2.45. The van der Waals surface area contributed by atoms with Gasteiger partial charge < -0.3 is 4.90 Å². The second-order valence-electron chi connectivity index (χ2n) is 7.71. The molecule has 116 valence electrons. The van der Waals surface area contributed by atoms with Crippen LogP contribution in [0.1, 0.15) is 66.7 Å². The number of carbonyl (C=O) groups excluding carboxylic acids is 1. The molecule has 1 heterocycles. The smallest absolute Gasteiger partial charge is 0.241 e. The zero-order valence-corrected chi connectivity index (χ0v) is 13.9. The van der Waals surface area contributed by atoms with Crippen LogP contribution in [-0.4, -0.2) is 29.6 Å². The first-order valence-corrected chi connectivity index (χ1v) is 8.45. The first kappa shape index (κ1) is 15.8. The summed E-state index contributed by atoms with van der Waals surface area (Å²) in [7, 11) is 0. The van der Waals surface area contributed by atoms with E-state index in [9.17, 15) is 4.79 Å². The summed E-state index contributed by atoms with van der Waals surface area (Å²) >= 11 is 0. The minimum atomic E-state index is 0.0210. The van der Waals surface area contributed by atoms with Crippen LogP contribution in [0.2, 0.25) is 0 Å². The minimum absolute atomic E-state index is 0.0210. The van der Waals surface area contributed by atoms with E-state index in [1.165, 1.54) is 25.7 Å². The van der Waals surface area contributed by atoms with Crippen molar-refractivity contribution >= 4 is 5.91 Å². The summed E-state index contributed by atoms with van der Waals surface area (Å²) in [6.45, 7) is 12.0. The molecular weight excluding hydrogens is 248 g/mol. The quantitative estimate of drug-likeness (QED) is 0.809. The highest BCUT2D eigenvalue weighted by atomic mass is 16.2. The Bertz CT molecular complexity index is 341. The van der Waals surface area contributed by atoms with Crippen LogP contribution in [0.25, 0.3) is 0 Å². The summed E-state index contributed by atoms with van der Waals surface area (Å²) in [5, 5.41) is 3.59. The average molecular weight is 280 g/mol. The van der Waals surface area contributed by atoms with E-state index in [-0.39, 0.29) is 12.2 Å². The van der Waals surface area contributed by atoms with Crippen molar-refractivity contribution in [2.45, 2.75) is 78.9 Å². The number of carbonyl (C=O) groups is 1. The molecule has 2 atom stereocenters. The summed E-state index contributed by atoms with van der Waals surface area (Å²) in [4.78, 5) is 14.9. The topological polar surface area (TPSA) is 32.3 Å². The molecule has 3 nitrogen and oxygen atoms in total. The molecule has 2 aliphatic rings. The lowest BCUT2D eigenvalue weighted by atomic mass is 9.66. The van der Waals surface area contributed by atoms with Gasteiger partial charge in [0.1, 0.15) is 0 Å². The molecule has 1 aliphatic carbocycles. The molecule has 0 spiro atoms. The molecule has 2 fully saturated rings. The van der Waals surface area contributed by atoms with E-state index in [4.69, 9.17) is 0 Å². The van der Waals surface area contributed by atoms with Gasteiger partial charge >= 0.3 is 0 Å². The molecule has 1 amide bonds. The summed E-state index contributed by atoms with van der Waals surface area (Å²) in [5.74, 6) is 1.33. The largest absolute Gasteiger partial charge is 0.325 e. The van der Waals surface area contributed by atoms with Gasteiger partial charge in [-0.2, -0.15) is 0 Å². The van der Waals surface area contributed by atoms with Crippen LogP contribution in [-0.2, 0) is 4.79 Å². The number of amides is 1. The molecule has 0 radical (unpaired) electrons. The molecule has 0 aromatic carbocycles. The van der Waals surface area contributed by atoms with Gasteiger partial charge in [-0.1, -0.05) is 41.0 Å². The van der Waals surface area contributed by atoms with Gasteiger partial charge in [0.25, 0.3) is 0 Å². The van der Waals surface area contributed by atoms with Gasteiger partial charge in [0.2, 0.25) is 5.91 Å². The fraction of sp³-hybridized carbons (Fsp3) is 0.941. The van der Waals surface area contributed by atoms with Crippen molar-refractivity contribution in [3.05, 3.63) is 0 Å². The van der Waals surface area contributed by atoms with Gasteiger partial charge in [0.05, 0.1) is 12.2 Å². The summed E-state index contributed by atoms with van der Waals surface area (Å²) in [6, 6.07) is 0.0210. The van der Waals surface area contributed by atoms with Crippen molar-refractivity contribution in [2.24, 2.45) is 17.3 Å². The number of nitrogens with zero attached hydrogens (tertiary/aromatic N) is 1. The van der Waals surface area contributed by atoms with E-state index in [0.717, 1.165) is 13.0 Å². The van der Waals surface area contributed by atoms with Crippen LogP contribution in [0.15, 0.2) is 0 Å². The number of nitrogens with one attached hydrogen (secondary N) is 1. The van der Waals surface area contributed by atoms with Crippen LogP contribution < -0.4 is 5.32 Å². The highest BCUT2D eigenvalue weighted by Crippen LogP contribution is 2.45. The maximum absolute atomic E-state index is 12.7. The molecule has 0 bridgehead atoms. The third-order valence-electron chi connectivity index (χ3n) is 5.33. The van der Waals surface area contributed by atoms with Gasteiger partial charge in [0.15, 0.2) is 0 Å². The lowest BCUT2D eigenvalue weighted by Gasteiger charge is -2.45. The van der Waals surface area contributed by atoms with Gasteiger partial charge in [-0.05, 0) is 42.9 Å². The van der Waals surface area contributed by atoms with E-state index in [1.54, 1.807) is 0 Å². The van der Waals surface area contributed by atoms with Crippen molar-refractivity contribution in [2.75, 3.05) is 6.54 Å². The SMILES string of the molecule is CCC1(CN2C(=O)C(C(C)C)NC2CC(C)C)CCC1. The lowest BCUT2D eigenvalue weighted by Crippen LogP contribution is -2.47. The fourth-order valence-electron chi connectivity index (χ4n) is 3.67. The summed E-state index contributed by atoms with van der Waals surface area (Å²) in [6.07, 6.45) is 6.46. The van der Waals surface area contributed by atoms with E-state index >= 15 is 0 Å². The Balaban J connectivity index is 2.10. The second-order valence-corrected chi connectivity index (χ2v) is 7.71. The van der Waals surface area contributed by atoms with Crippen LogP contribution in [0, 0.1) is 17.3 Å². The van der Waals surface area contributed by atoms with Crippen LogP contribution in [0.5, 0.6) is 0 Å². The average Bonchev–Trinajstić information content (AvgIpc) is 2.61. The minimum Gasteiger partial charge on any atom is -0.325 e. The maximum Gasteiger partial charge on any atom is 0.241 e. The molecule has 3 heteroatoms. The monoisotopic (exact) mass is 280 g/mol. The van der Waals surface area contributed by atoms with Crippen LogP contribution in [0.4, 0.5) is 0 Å². The number of hydrogen-bond acceptors (Lipinski definition) is 2. The summed E-state index contributed by atoms with van der Waals surface area (Å²) in [5.41, 5.74) is 0.415. The first-order valence-electron chi connectivity index (χ1n) is 8.45. The van der Waals surface area contributed by atoms with Gasteiger partial charge in [-0.25, -0.2) is 0 Å².